The molecule has 2 heterocycles. The lowest BCUT2D eigenvalue weighted by Gasteiger charge is -2.39. The Kier molecular flexibility index (Phi) is 6.84. The normalized spacial score (nSPS) is 18.8. The number of nitrogens with zero attached hydrogens (tertiary/aromatic N) is 3. The summed E-state index contributed by atoms with van der Waals surface area (Å²) in [5, 5.41) is 6.22. The van der Waals surface area contributed by atoms with Gasteiger partial charge in [-0.25, -0.2) is 4.39 Å². The fourth-order valence-corrected chi connectivity index (χ4v) is 4.37. The number of hydrogen-bond donors (Lipinski definition) is 2. The number of carbonyl (C=O) groups excluding carboxylic acids is 2. The number of halogens is 1. The molecule has 32 heavy (non-hydrogen) atoms. The zero-order chi connectivity index (χ0) is 22.5. The highest BCUT2D eigenvalue weighted by Gasteiger charge is 2.35. The predicted molar refractivity (Wildman–Crippen MR) is 126 cm³/mol. The third kappa shape index (κ3) is 5.16. The van der Waals surface area contributed by atoms with Gasteiger partial charge in [0.15, 0.2) is 5.11 Å². The molecule has 0 bridgehead atoms. The third-order valence-corrected chi connectivity index (χ3v) is 6.15. The second-order valence-corrected chi connectivity index (χ2v) is 8.23. The van der Waals surface area contributed by atoms with E-state index in [2.05, 4.69) is 27.7 Å². The molecule has 2 fully saturated rings. The lowest BCUT2D eigenvalue weighted by atomic mass is 10.1. The van der Waals surface area contributed by atoms with Crippen molar-refractivity contribution in [3.8, 4) is 0 Å². The van der Waals surface area contributed by atoms with Gasteiger partial charge >= 0.3 is 0 Å². The van der Waals surface area contributed by atoms with Crippen LogP contribution < -0.4 is 15.5 Å². The Morgan fingerprint density at radius 2 is 1.72 bits per heavy atom. The van der Waals surface area contributed by atoms with Crippen molar-refractivity contribution in [2.45, 2.75) is 12.5 Å². The van der Waals surface area contributed by atoms with Gasteiger partial charge in [-0.05, 0) is 48.6 Å². The molecular weight excluding hydrogens is 429 g/mol. The van der Waals surface area contributed by atoms with Crippen molar-refractivity contribution in [3.63, 3.8) is 0 Å². The summed E-state index contributed by atoms with van der Waals surface area (Å²) in [7, 11) is 0. The number of amides is 2. The summed E-state index contributed by atoms with van der Waals surface area (Å²) in [4.78, 5) is 31.4. The van der Waals surface area contributed by atoms with Gasteiger partial charge in [0.2, 0.25) is 11.8 Å². The van der Waals surface area contributed by atoms with Crippen LogP contribution in [-0.4, -0.2) is 72.0 Å². The molecule has 168 valence electrons. The molecule has 0 unspecified atom stereocenters. The molecule has 1 atom stereocenters. The Bertz CT molecular complexity index is 964. The smallest absolute Gasteiger partial charge is 0.243 e. The highest BCUT2D eigenvalue weighted by atomic mass is 32.1. The number of thiocarbonyl (C=S) groups is 1. The molecule has 2 N–H and O–H groups in total. The van der Waals surface area contributed by atoms with Crippen molar-refractivity contribution >= 4 is 40.5 Å². The average Bonchev–Trinajstić information content (AvgIpc) is 2.82. The Hall–Kier alpha value is -3.20. The minimum Gasteiger partial charge on any atom is -0.368 e. The zero-order valence-electron chi connectivity index (χ0n) is 17.7. The van der Waals surface area contributed by atoms with Crippen LogP contribution in [-0.2, 0) is 9.59 Å². The first-order valence-electron chi connectivity index (χ1n) is 10.7. The van der Waals surface area contributed by atoms with Crippen molar-refractivity contribution in [1.82, 2.24) is 15.1 Å². The van der Waals surface area contributed by atoms with Gasteiger partial charge in [-0.2, -0.15) is 0 Å². The SMILES string of the molecule is O=C1NCCN(C(=S)Nc2ccc(F)cc2)[C@H]1CC(=O)N1CCN(c2ccccc2)CC1. The van der Waals surface area contributed by atoms with Gasteiger partial charge in [-0.1, -0.05) is 18.2 Å². The van der Waals surface area contributed by atoms with E-state index in [9.17, 15) is 14.0 Å². The molecule has 0 radical (unpaired) electrons. The summed E-state index contributed by atoms with van der Waals surface area (Å²) in [6, 6.07) is 15.3. The molecule has 2 aliphatic rings. The molecule has 9 heteroatoms. The number of benzene rings is 2. The first kappa shape index (κ1) is 22.0. The van der Waals surface area contributed by atoms with Crippen molar-refractivity contribution in [2.75, 3.05) is 49.5 Å². The number of piperazine rings is 2. The topological polar surface area (TPSA) is 67.9 Å². The van der Waals surface area contributed by atoms with Crippen LogP contribution in [0, 0.1) is 5.82 Å². The molecule has 0 saturated carbocycles. The van der Waals surface area contributed by atoms with Gasteiger partial charge in [0.25, 0.3) is 0 Å². The lowest BCUT2D eigenvalue weighted by molar-refractivity contribution is -0.137. The minimum absolute atomic E-state index is 0.0579. The molecule has 2 aliphatic heterocycles. The molecule has 7 nitrogen and oxygen atoms in total. The molecule has 2 aromatic rings. The fourth-order valence-electron chi connectivity index (χ4n) is 4.04. The Morgan fingerprint density at radius 3 is 2.41 bits per heavy atom. The maximum absolute atomic E-state index is 13.2. The van der Waals surface area contributed by atoms with Crippen LogP contribution in [0.25, 0.3) is 0 Å². The van der Waals surface area contributed by atoms with Crippen LogP contribution in [0.5, 0.6) is 0 Å². The van der Waals surface area contributed by atoms with Crippen LogP contribution in [0.2, 0.25) is 0 Å². The van der Waals surface area contributed by atoms with Gasteiger partial charge in [0.05, 0.1) is 6.42 Å². The number of nitrogens with one attached hydrogen (secondary N) is 2. The van der Waals surface area contributed by atoms with E-state index in [1.165, 1.54) is 12.1 Å². The van der Waals surface area contributed by atoms with Crippen LogP contribution in [0.15, 0.2) is 54.6 Å². The summed E-state index contributed by atoms with van der Waals surface area (Å²) >= 11 is 5.51. The van der Waals surface area contributed by atoms with E-state index in [0.717, 1.165) is 18.8 Å². The second kappa shape index (κ2) is 9.95. The summed E-state index contributed by atoms with van der Waals surface area (Å²) in [6.45, 7) is 3.67. The quantitative estimate of drug-likeness (QED) is 0.688. The number of hydrogen-bond acceptors (Lipinski definition) is 4. The van der Waals surface area contributed by atoms with Gasteiger partial charge in [0, 0.05) is 50.6 Å². The van der Waals surface area contributed by atoms with Crippen molar-refractivity contribution in [1.29, 1.82) is 0 Å². The number of anilines is 2. The number of para-hydroxylation sites is 1. The van der Waals surface area contributed by atoms with Crippen molar-refractivity contribution in [2.24, 2.45) is 0 Å². The molecular formula is C23H26FN5O2S. The first-order chi connectivity index (χ1) is 15.5. The van der Waals surface area contributed by atoms with Crippen LogP contribution in [0.4, 0.5) is 15.8 Å². The van der Waals surface area contributed by atoms with E-state index >= 15 is 0 Å². The maximum atomic E-state index is 13.2. The Labute approximate surface area is 192 Å². The standard InChI is InChI=1S/C23H26FN5O2S/c24-17-6-8-18(9-7-17)26-23(32)29-11-10-25-22(31)20(29)16-21(30)28-14-12-27(13-15-28)19-4-2-1-3-5-19/h1-9,20H,10-16H2,(H,25,31)(H,26,32)/t20-/m0/s1. The molecule has 0 spiro atoms. The number of rotatable bonds is 4. The average molecular weight is 456 g/mol. The third-order valence-electron chi connectivity index (χ3n) is 5.81. The van der Waals surface area contributed by atoms with Crippen molar-refractivity contribution < 1.29 is 14.0 Å². The van der Waals surface area contributed by atoms with E-state index in [4.69, 9.17) is 12.2 Å². The fraction of sp³-hybridized carbons (Fsp3) is 0.348. The summed E-state index contributed by atoms with van der Waals surface area (Å²) in [5.41, 5.74) is 1.78. The summed E-state index contributed by atoms with van der Waals surface area (Å²) < 4.78 is 13.2. The molecule has 4 rings (SSSR count). The van der Waals surface area contributed by atoms with Crippen LogP contribution in [0.3, 0.4) is 0 Å². The molecule has 2 saturated heterocycles. The molecule has 2 aromatic carbocycles. The van der Waals surface area contributed by atoms with Gasteiger partial charge in [-0.15, -0.1) is 0 Å². The highest BCUT2D eigenvalue weighted by molar-refractivity contribution is 7.80. The molecule has 2 amide bonds. The highest BCUT2D eigenvalue weighted by Crippen LogP contribution is 2.18. The maximum Gasteiger partial charge on any atom is 0.243 e. The molecule has 0 aliphatic carbocycles. The van der Waals surface area contributed by atoms with Gasteiger partial charge in [0.1, 0.15) is 11.9 Å². The largest absolute Gasteiger partial charge is 0.368 e. The van der Waals surface area contributed by atoms with E-state index in [-0.39, 0.29) is 24.1 Å². The minimum atomic E-state index is -0.677. The van der Waals surface area contributed by atoms with Gasteiger partial charge in [-0.3, -0.25) is 9.59 Å². The van der Waals surface area contributed by atoms with Crippen LogP contribution in [0.1, 0.15) is 6.42 Å². The van der Waals surface area contributed by atoms with E-state index in [1.54, 1.807) is 17.0 Å². The number of carbonyl (C=O) groups is 2. The van der Waals surface area contributed by atoms with E-state index < -0.39 is 6.04 Å². The summed E-state index contributed by atoms with van der Waals surface area (Å²) in [6.07, 6.45) is 0.0579. The predicted octanol–water partition coefficient (Wildman–Crippen LogP) is 2.06. The van der Waals surface area contributed by atoms with E-state index in [1.807, 2.05) is 23.1 Å². The zero-order valence-corrected chi connectivity index (χ0v) is 18.5. The van der Waals surface area contributed by atoms with E-state index in [0.29, 0.717) is 37.0 Å². The monoisotopic (exact) mass is 455 g/mol. The Morgan fingerprint density at radius 1 is 1.03 bits per heavy atom. The lowest BCUT2D eigenvalue weighted by Crippen LogP contribution is -2.60. The van der Waals surface area contributed by atoms with Crippen LogP contribution >= 0.6 is 12.2 Å². The Balaban J connectivity index is 1.36. The first-order valence-corrected chi connectivity index (χ1v) is 11.1. The second-order valence-electron chi connectivity index (χ2n) is 7.84. The summed E-state index contributed by atoms with van der Waals surface area (Å²) in [5.74, 6) is -0.611. The van der Waals surface area contributed by atoms with Crippen molar-refractivity contribution in [3.05, 3.63) is 60.4 Å². The molecule has 0 aromatic heterocycles. The van der Waals surface area contributed by atoms with Gasteiger partial charge < -0.3 is 25.3 Å².